The maximum Gasteiger partial charge on any atom is 0.186 e. The van der Waals surface area contributed by atoms with Crippen LogP contribution in [-0.2, 0) is 0 Å². The van der Waals surface area contributed by atoms with Crippen molar-refractivity contribution in [3.05, 3.63) is 40.2 Å². The number of piperazine rings is 1. The van der Waals surface area contributed by atoms with Crippen molar-refractivity contribution in [2.45, 2.75) is 25.7 Å². The van der Waals surface area contributed by atoms with E-state index in [9.17, 15) is 4.39 Å². The number of halogens is 2. The van der Waals surface area contributed by atoms with Gasteiger partial charge in [0.25, 0.3) is 0 Å². The first-order chi connectivity index (χ1) is 12.6. The van der Waals surface area contributed by atoms with Gasteiger partial charge < -0.3 is 9.80 Å². The fraction of sp³-hybridized carbons (Fsp3) is 0.444. The molecule has 1 saturated heterocycles. The van der Waals surface area contributed by atoms with E-state index in [2.05, 4.69) is 15.0 Å². The molecule has 0 radical (unpaired) electrons. The van der Waals surface area contributed by atoms with Gasteiger partial charge in [0.05, 0.1) is 16.3 Å². The molecule has 2 aromatic rings. The molecule has 0 N–H and O–H groups in total. The van der Waals surface area contributed by atoms with Gasteiger partial charge in [-0.3, -0.25) is 0 Å². The molecular weight excluding hydrogens is 355 g/mol. The number of hydrogen-bond donors (Lipinski definition) is 0. The van der Waals surface area contributed by atoms with E-state index in [0.717, 1.165) is 18.7 Å². The predicted octanol–water partition coefficient (Wildman–Crippen LogP) is 3.05. The van der Waals surface area contributed by atoms with Gasteiger partial charge in [-0.05, 0) is 25.8 Å². The minimum atomic E-state index is -0.336. The first-order valence-corrected chi connectivity index (χ1v) is 9.04. The second-order valence-electron chi connectivity index (χ2n) is 6.69. The summed E-state index contributed by atoms with van der Waals surface area (Å²) in [6.07, 6.45) is 3.69. The average Bonchev–Trinajstić information content (AvgIpc) is 3.49. The van der Waals surface area contributed by atoms with E-state index >= 15 is 0 Å². The van der Waals surface area contributed by atoms with Crippen molar-refractivity contribution in [1.82, 2.24) is 15.0 Å². The van der Waals surface area contributed by atoms with Crippen LogP contribution in [0.1, 0.15) is 35.8 Å². The molecule has 0 atom stereocenters. The third kappa shape index (κ3) is 3.17. The molecule has 2 fully saturated rings. The van der Waals surface area contributed by atoms with Crippen LogP contribution in [0, 0.1) is 24.1 Å². The first kappa shape index (κ1) is 17.0. The Morgan fingerprint density at radius 1 is 1.15 bits per heavy atom. The lowest BCUT2D eigenvalue weighted by Gasteiger charge is -2.36. The van der Waals surface area contributed by atoms with Gasteiger partial charge >= 0.3 is 0 Å². The highest BCUT2D eigenvalue weighted by Gasteiger charge is 2.30. The summed E-state index contributed by atoms with van der Waals surface area (Å²) in [5, 5.41) is 9.38. The van der Waals surface area contributed by atoms with Crippen LogP contribution >= 0.6 is 11.6 Å². The van der Waals surface area contributed by atoms with Gasteiger partial charge in [-0.25, -0.2) is 19.3 Å². The molecule has 134 valence electrons. The van der Waals surface area contributed by atoms with Gasteiger partial charge in [0.2, 0.25) is 0 Å². The third-order valence-electron chi connectivity index (χ3n) is 4.79. The molecule has 0 bridgehead atoms. The van der Waals surface area contributed by atoms with Gasteiger partial charge in [-0.15, -0.1) is 0 Å². The van der Waals surface area contributed by atoms with Gasteiger partial charge in [0.15, 0.2) is 11.6 Å². The summed E-state index contributed by atoms with van der Waals surface area (Å²) in [6, 6.07) is 3.64. The molecule has 0 amide bonds. The summed E-state index contributed by atoms with van der Waals surface area (Å²) in [5.41, 5.74) is 0.847. The smallest absolute Gasteiger partial charge is 0.186 e. The van der Waals surface area contributed by atoms with Crippen molar-refractivity contribution in [2.75, 3.05) is 36.0 Å². The summed E-state index contributed by atoms with van der Waals surface area (Å²) in [5.74, 6) is 1.87. The highest BCUT2D eigenvalue weighted by atomic mass is 35.5. The molecule has 0 unspecified atom stereocenters. The van der Waals surface area contributed by atoms with E-state index in [1.54, 1.807) is 13.0 Å². The number of anilines is 2. The van der Waals surface area contributed by atoms with Crippen molar-refractivity contribution >= 4 is 23.2 Å². The minimum absolute atomic E-state index is 0.336. The second-order valence-corrected chi connectivity index (χ2v) is 7.10. The highest BCUT2D eigenvalue weighted by Crippen LogP contribution is 2.39. The maximum atomic E-state index is 14.6. The standard InChI is InChI=1S/C18H18ClFN6/c1-11-15(20)18(24-16(23-11)13-2-3-13)26-6-4-25(5-7-26)17-14(19)8-12(9-21)10-22-17/h8,10,13H,2-7H2,1H3. The summed E-state index contributed by atoms with van der Waals surface area (Å²) in [4.78, 5) is 17.1. The van der Waals surface area contributed by atoms with E-state index in [1.165, 1.54) is 6.20 Å². The molecule has 1 aliphatic heterocycles. The average molecular weight is 373 g/mol. The third-order valence-corrected chi connectivity index (χ3v) is 5.07. The first-order valence-electron chi connectivity index (χ1n) is 8.66. The Morgan fingerprint density at radius 2 is 1.81 bits per heavy atom. The second kappa shape index (κ2) is 6.69. The zero-order valence-electron chi connectivity index (χ0n) is 14.4. The summed E-state index contributed by atoms with van der Waals surface area (Å²) >= 11 is 6.25. The van der Waals surface area contributed by atoms with Crippen molar-refractivity contribution in [2.24, 2.45) is 0 Å². The molecule has 6 nitrogen and oxygen atoms in total. The van der Waals surface area contributed by atoms with Crippen LogP contribution in [0.4, 0.5) is 16.0 Å². The highest BCUT2D eigenvalue weighted by molar-refractivity contribution is 6.33. The zero-order valence-corrected chi connectivity index (χ0v) is 15.2. The Morgan fingerprint density at radius 3 is 2.38 bits per heavy atom. The fourth-order valence-corrected chi connectivity index (χ4v) is 3.44. The topological polar surface area (TPSA) is 68.9 Å². The molecule has 1 aliphatic carbocycles. The van der Waals surface area contributed by atoms with Gasteiger partial charge in [-0.2, -0.15) is 5.26 Å². The van der Waals surface area contributed by atoms with Crippen molar-refractivity contribution < 1.29 is 4.39 Å². The lowest BCUT2D eigenvalue weighted by molar-refractivity contribution is 0.568. The van der Waals surface area contributed by atoms with E-state index < -0.39 is 0 Å². The normalized spacial score (nSPS) is 17.3. The predicted molar refractivity (Wildman–Crippen MR) is 97.1 cm³/mol. The minimum Gasteiger partial charge on any atom is -0.352 e. The molecule has 0 aromatic carbocycles. The Bertz CT molecular complexity index is 884. The SMILES string of the molecule is Cc1nc(C2CC2)nc(N2CCN(c3ncc(C#N)cc3Cl)CC2)c1F. The molecule has 8 heteroatoms. The van der Waals surface area contributed by atoms with Crippen LogP contribution in [0.2, 0.25) is 5.02 Å². The monoisotopic (exact) mass is 372 g/mol. The largest absolute Gasteiger partial charge is 0.352 e. The molecule has 1 saturated carbocycles. The van der Waals surface area contributed by atoms with Crippen LogP contribution < -0.4 is 9.80 Å². The zero-order chi connectivity index (χ0) is 18.3. The quantitative estimate of drug-likeness (QED) is 0.824. The number of aromatic nitrogens is 3. The molecule has 3 heterocycles. The maximum absolute atomic E-state index is 14.6. The molecule has 0 spiro atoms. The van der Waals surface area contributed by atoms with Crippen LogP contribution in [0.5, 0.6) is 0 Å². The van der Waals surface area contributed by atoms with E-state index in [1.807, 2.05) is 15.9 Å². The van der Waals surface area contributed by atoms with E-state index in [0.29, 0.717) is 60.0 Å². The van der Waals surface area contributed by atoms with Crippen LogP contribution in [-0.4, -0.2) is 41.1 Å². The van der Waals surface area contributed by atoms with Crippen molar-refractivity contribution in [1.29, 1.82) is 5.26 Å². The molecule has 2 aliphatic rings. The van der Waals surface area contributed by atoms with Gasteiger partial charge in [-0.1, -0.05) is 11.6 Å². The lowest BCUT2D eigenvalue weighted by atomic mass is 10.2. The van der Waals surface area contributed by atoms with Crippen molar-refractivity contribution in [3.63, 3.8) is 0 Å². The Hall–Kier alpha value is -2.46. The fourth-order valence-electron chi connectivity index (χ4n) is 3.15. The van der Waals surface area contributed by atoms with Crippen molar-refractivity contribution in [3.8, 4) is 6.07 Å². The number of nitriles is 1. The van der Waals surface area contributed by atoms with Gasteiger partial charge in [0, 0.05) is 38.3 Å². The Kier molecular flexibility index (Phi) is 4.37. The summed E-state index contributed by atoms with van der Waals surface area (Å²) in [6.45, 7) is 4.24. The Balaban J connectivity index is 1.51. The summed E-state index contributed by atoms with van der Waals surface area (Å²) in [7, 11) is 0. The summed E-state index contributed by atoms with van der Waals surface area (Å²) < 4.78 is 14.6. The number of rotatable bonds is 3. The molecule has 2 aromatic heterocycles. The number of aryl methyl sites for hydroxylation is 1. The number of pyridine rings is 1. The van der Waals surface area contributed by atoms with Crippen LogP contribution in [0.15, 0.2) is 12.3 Å². The van der Waals surface area contributed by atoms with E-state index in [4.69, 9.17) is 16.9 Å². The number of nitrogens with zero attached hydrogens (tertiary/aromatic N) is 6. The van der Waals surface area contributed by atoms with E-state index in [-0.39, 0.29) is 5.82 Å². The molecule has 26 heavy (non-hydrogen) atoms. The lowest BCUT2D eigenvalue weighted by Crippen LogP contribution is -2.47. The Labute approximate surface area is 156 Å². The molecular formula is C18H18ClFN6. The van der Waals surface area contributed by atoms with Crippen LogP contribution in [0.25, 0.3) is 0 Å². The van der Waals surface area contributed by atoms with Crippen LogP contribution in [0.3, 0.4) is 0 Å². The van der Waals surface area contributed by atoms with Gasteiger partial charge in [0.1, 0.15) is 17.7 Å². The number of hydrogen-bond acceptors (Lipinski definition) is 6. The molecule has 4 rings (SSSR count).